The molecular formula is C5H7NO3. The summed E-state index contributed by atoms with van der Waals surface area (Å²) in [7, 11) is 0. The molecule has 0 aliphatic rings. The summed E-state index contributed by atoms with van der Waals surface area (Å²) in [5.41, 5.74) is 0. The molecule has 4 nitrogen and oxygen atoms in total. The van der Waals surface area contributed by atoms with Gasteiger partial charge in [-0.1, -0.05) is 12.1 Å². The summed E-state index contributed by atoms with van der Waals surface area (Å²) in [6, 6.07) is 0. The van der Waals surface area contributed by atoms with Gasteiger partial charge in [-0.3, -0.25) is 9.59 Å². The molecule has 0 aromatic rings. The molecule has 50 valence electrons. The van der Waals surface area contributed by atoms with Crippen molar-refractivity contribution in [2.45, 2.75) is 13.3 Å². The Hall–Kier alpha value is -1.06. The van der Waals surface area contributed by atoms with E-state index in [4.69, 9.17) is 0 Å². The molecular weight excluding hydrogens is 122 g/mol. The highest BCUT2D eigenvalue weighted by Crippen LogP contribution is 1.83. The summed E-state index contributed by atoms with van der Waals surface area (Å²) < 4.78 is 0. The maximum atomic E-state index is 10.4. The lowest BCUT2D eigenvalue weighted by Gasteiger charge is -1.86. The Morgan fingerprint density at radius 2 is 1.89 bits per heavy atom. The number of hydrogen-bond acceptors (Lipinski definition) is 4. The van der Waals surface area contributed by atoms with Crippen molar-refractivity contribution in [2.75, 3.05) is 6.54 Å². The van der Waals surface area contributed by atoms with Gasteiger partial charge >= 0.3 is 0 Å². The molecule has 0 aliphatic carbocycles. The summed E-state index contributed by atoms with van der Waals surface area (Å²) >= 11 is 0. The van der Waals surface area contributed by atoms with Gasteiger partial charge in [0.15, 0.2) is 5.78 Å². The molecule has 4 heteroatoms. The first-order valence-electron chi connectivity index (χ1n) is 2.57. The van der Waals surface area contributed by atoms with Crippen LogP contribution in [0.5, 0.6) is 0 Å². The Balaban J connectivity index is 3.73. The molecule has 0 radical (unpaired) electrons. The van der Waals surface area contributed by atoms with Crippen molar-refractivity contribution in [1.29, 1.82) is 0 Å². The first-order chi connectivity index (χ1) is 4.22. The normalized spacial score (nSPS) is 8.56. The first kappa shape index (κ1) is 7.94. The lowest BCUT2D eigenvalue weighted by atomic mass is 10.2. The van der Waals surface area contributed by atoms with Crippen LogP contribution >= 0.6 is 0 Å². The van der Waals surface area contributed by atoms with Gasteiger partial charge in [-0.2, -0.15) is 4.91 Å². The van der Waals surface area contributed by atoms with Crippen molar-refractivity contribution in [2.24, 2.45) is 5.18 Å². The van der Waals surface area contributed by atoms with Gasteiger partial charge in [0.1, 0.15) is 6.54 Å². The zero-order valence-corrected chi connectivity index (χ0v) is 5.09. The monoisotopic (exact) mass is 129 g/mol. The molecule has 0 aromatic heterocycles. The zero-order valence-electron chi connectivity index (χ0n) is 5.09. The van der Waals surface area contributed by atoms with Gasteiger partial charge in [0.25, 0.3) is 0 Å². The lowest BCUT2D eigenvalue weighted by Crippen LogP contribution is -2.14. The van der Waals surface area contributed by atoms with Crippen molar-refractivity contribution in [1.82, 2.24) is 0 Å². The Labute approximate surface area is 52.2 Å². The van der Waals surface area contributed by atoms with E-state index in [1.165, 1.54) is 0 Å². The largest absolute Gasteiger partial charge is 0.291 e. The summed E-state index contributed by atoms with van der Waals surface area (Å²) in [6.07, 6.45) is 0.147. The van der Waals surface area contributed by atoms with Crippen LogP contribution < -0.4 is 0 Å². The number of nitrogens with zero attached hydrogens (tertiary/aromatic N) is 1. The minimum Gasteiger partial charge on any atom is -0.291 e. The molecule has 0 atom stereocenters. The van der Waals surface area contributed by atoms with E-state index in [1.54, 1.807) is 6.92 Å². The standard InChI is InChI=1S/C5H7NO3/c1-2-4(7)5(8)3-6-9/h2-3H2,1H3. The zero-order chi connectivity index (χ0) is 7.28. The predicted octanol–water partition coefficient (Wildman–Crippen LogP) is 0.301. The van der Waals surface area contributed by atoms with E-state index in [9.17, 15) is 14.5 Å². The molecule has 0 heterocycles. The minimum absolute atomic E-state index is 0.147. The quantitative estimate of drug-likeness (QED) is 0.405. The van der Waals surface area contributed by atoms with E-state index >= 15 is 0 Å². The van der Waals surface area contributed by atoms with Crippen LogP contribution in [0.1, 0.15) is 13.3 Å². The number of ketones is 2. The maximum Gasteiger partial charge on any atom is 0.223 e. The van der Waals surface area contributed by atoms with E-state index in [0.29, 0.717) is 0 Å². The maximum absolute atomic E-state index is 10.4. The van der Waals surface area contributed by atoms with Crippen molar-refractivity contribution in [3.05, 3.63) is 4.91 Å². The highest BCUT2D eigenvalue weighted by molar-refractivity contribution is 6.37. The molecule has 0 bridgehead atoms. The van der Waals surface area contributed by atoms with E-state index in [2.05, 4.69) is 5.18 Å². The Morgan fingerprint density at radius 1 is 1.33 bits per heavy atom. The minimum atomic E-state index is -0.701. The van der Waals surface area contributed by atoms with E-state index in [-0.39, 0.29) is 6.42 Å². The fourth-order valence-corrected chi connectivity index (χ4v) is 0.344. The van der Waals surface area contributed by atoms with Crippen molar-refractivity contribution >= 4 is 11.6 Å². The second-order valence-corrected chi connectivity index (χ2v) is 1.49. The van der Waals surface area contributed by atoms with Gasteiger partial charge in [-0.25, -0.2) is 0 Å². The summed E-state index contributed by atoms with van der Waals surface area (Å²) in [5.74, 6) is -1.23. The molecule has 0 spiro atoms. The van der Waals surface area contributed by atoms with Gasteiger partial charge in [-0.15, -0.1) is 0 Å². The molecule has 0 saturated heterocycles. The van der Waals surface area contributed by atoms with Crippen LogP contribution in [0.25, 0.3) is 0 Å². The average Bonchev–Trinajstić information content (AvgIpc) is 1.87. The van der Waals surface area contributed by atoms with E-state index in [1.807, 2.05) is 0 Å². The third-order valence-corrected chi connectivity index (χ3v) is 0.840. The van der Waals surface area contributed by atoms with Crippen LogP contribution in [0.2, 0.25) is 0 Å². The van der Waals surface area contributed by atoms with Crippen molar-refractivity contribution in [3.63, 3.8) is 0 Å². The number of Topliss-reactive ketones (excluding diaryl/α,β-unsaturated/α-hetero) is 2. The molecule has 0 saturated carbocycles. The highest BCUT2D eigenvalue weighted by Gasteiger charge is 2.09. The van der Waals surface area contributed by atoms with Gasteiger partial charge in [0, 0.05) is 6.42 Å². The number of nitroso groups, excluding NO2 is 1. The molecule has 0 amide bonds. The van der Waals surface area contributed by atoms with E-state index < -0.39 is 18.1 Å². The van der Waals surface area contributed by atoms with Crippen LogP contribution in [0.3, 0.4) is 0 Å². The molecule has 9 heavy (non-hydrogen) atoms. The number of carbonyl (C=O) groups excluding carboxylic acids is 2. The van der Waals surface area contributed by atoms with Crippen molar-refractivity contribution < 1.29 is 9.59 Å². The van der Waals surface area contributed by atoms with Gasteiger partial charge in [-0.05, 0) is 0 Å². The Morgan fingerprint density at radius 3 is 2.22 bits per heavy atom. The Bertz CT molecular complexity index is 141. The third kappa shape index (κ3) is 2.69. The number of carbonyl (C=O) groups is 2. The molecule has 0 unspecified atom stereocenters. The molecule has 0 fully saturated rings. The topological polar surface area (TPSA) is 63.6 Å². The van der Waals surface area contributed by atoms with Gasteiger partial charge < -0.3 is 0 Å². The fraction of sp³-hybridized carbons (Fsp3) is 0.600. The number of hydrogen-bond donors (Lipinski definition) is 0. The third-order valence-electron chi connectivity index (χ3n) is 0.840. The molecule has 0 aromatic carbocycles. The summed E-state index contributed by atoms with van der Waals surface area (Å²) in [6.45, 7) is 1.04. The van der Waals surface area contributed by atoms with E-state index in [0.717, 1.165) is 0 Å². The molecule has 0 N–H and O–H groups in total. The number of rotatable bonds is 4. The second-order valence-electron chi connectivity index (χ2n) is 1.49. The van der Waals surface area contributed by atoms with Crippen LogP contribution in [0.15, 0.2) is 5.18 Å². The van der Waals surface area contributed by atoms with Crippen LogP contribution in [-0.4, -0.2) is 18.1 Å². The SMILES string of the molecule is CCC(=O)C(=O)CN=O. The average molecular weight is 129 g/mol. The highest BCUT2D eigenvalue weighted by atomic mass is 16.3. The Kier molecular flexibility index (Phi) is 3.43. The van der Waals surface area contributed by atoms with Crippen LogP contribution in [0.4, 0.5) is 0 Å². The summed E-state index contributed by atoms with van der Waals surface area (Å²) in [4.78, 5) is 30.1. The molecule has 0 rings (SSSR count). The second kappa shape index (κ2) is 3.88. The van der Waals surface area contributed by atoms with Gasteiger partial charge in [0.05, 0.1) is 0 Å². The van der Waals surface area contributed by atoms with Crippen LogP contribution in [-0.2, 0) is 9.59 Å². The van der Waals surface area contributed by atoms with Crippen molar-refractivity contribution in [3.8, 4) is 0 Å². The first-order valence-corrected chi connectivity index (χ1v) is 2.57. The summed E-state index contributed by atoms with van der Waals surface area (Å²) in [5, 5.41) is 2.28. The fourth-order valence-electron chi connectivity index (χ4n) is 0.344. The lowest BCUT2D eigenvalue weighted by molar-refractivity contribution is -0.135. The van der Waals surface area contributed by atoms with Crippen LogP contribution in [0, 0.1) is 4.91 Å². The predicted molar refractivity (Wildman–Crippen MR) is 31.0 cm³/mol. The smallest absolute Gasteiger partial charge is 0.223 e. The van der Waals surface area contributed by atoms with Gasteiger partial charge in [0.2, 0.25) is 5.78 Å². The molecule has 0 aliphatic heterocycles.